The molecule has 1 amide bonds. The lowest BCUT2D eigenvalue weighted by molar-refractivity contribution is -0.126. The lowest BCUT2D eigenvalue weighted by atomic mass is 9.89. The Morgan fingerprint density at radius 3 is 2.33 bits per heavy atom. The first kappa shape index (κ1) is 16.7. The second kappa shape index (κ2) is 7.07. The van der Waals surface area contributed by atoms with Gasteiger partial charge in [-0.3, -0.25) is 4.79 Å². The lowest BCUT2D eigenvalue weighted by Gasteiger charge is -2.41. The SMILES string of the molecule is CCCNC(CN1CCC(N(C)C)CC1)(C(N)=O)C1CC1. The van der Waals surface area contributed by atoms with Gasteiger partial charge < -0.3 is 20.9 Å². The van der Waals surface area contributed by atoms with Gasteiger partial charge in [0.1, 0.15) is 5.54 Å². The summed E-state index contributed by atoms with van der Waals surface area (Å²) in [4.78, 5) is 16.9. The van der Waals surface area contributed by atoms with E-state index in [-0.39, 0.29) is 5.91 Å². The fourth-order valence-corrected chi connectivity index (χ4v) is 3.57. The Balaban J connectivity index is 1.97. The van der Waals surface area contributed by atoms with Crippen LogP contribution in [0, 0.1) is 5.92 Å². The number of rotatable bonds is 8. The molecule has 0 aromatic carbocycles. The number of likely N-dealkylation sites (tertiary alicyclic amines) is 1. The van der Waals surface area contributed by atoms with Crippen LogP contribution in [0.5, 0.6) is 0 Å². The van der Waals surface area contributed by atoms with Gasteiger partial charge in [-0.15, -0.1) is 0 Å². The van der Waals surface area contributed by atoms with Crippen molar-refractivity contribution in [3.05, 3.63) is 0 Å². The van der Waals surface area contributed by atoms with Crippen molar-refractivity contribution in [1.82, 2.24) is 15.1 Å². The smallest absolute Gasteiger partial charge is 0.239 e. The summed E-state index contributed by atoms with van der Waals surface area (Å²) >= 11 is 0. The number of amides is 1. The number of nitrogens with one attached hydrogen (secondary N) is 1. The highest BCUT2D eigenvalue weighted by Gasteiger charge is 2.50. The minimum Gasteiger partial charge on any atom is -0.368 e. The first-order valence-corrected chi connectivity index (χ1v) is 8.43. The Kier molecular flexibility index (Phi) is 5.63. The van der Waals surface area contributed by atoms with Gasteiger partial charge in [-0.25, -0.2) is 0 Å². The van der Waals surface area contributed by atoms with E-state index in [1.54, 1.807) is 0 Å². The first-order chi connectivity index (χ1) is 9.99. The van der Waals surface area contributed by atoms with E-state index >= 15 is 0 Å². The molecule has 0 radical (unpaired) electrons. The standard InChI is InChI=1S/C16H32N4O/c1-4-9-18-16(15(17)21,13-5-6-13)12-20-10-7-14(8-11-20)19(2)3/h13-14,18H,4-12H2,1-3H3,(H2,17,21). The molecule has 1 aliphatic carbocycles. The van der Waals surface area contributed by atoms with Crippen LogP contribution in [-0.4, -0.2) is 67.6 Å². The molecule has 2 fully saturated rings. The monoisotopic (exact) mass is 296 g/mol. The van der Waals surface area contributed by atoms with E-state index in [1.165, 1.54) is 12.8 Å². The van der Waals surface area contributed by atoms with E-state index in [0.717, 1.165) is 45.4 Å². The van der Waals surface area contributed by atoms with Crippen molar-refractivity contribution in [2.24, 2.45) is 11.7 Å². The van der Waals surface area contributed by atoms with Crippen molar-refractivity contribution in [3.8, 4) is 0 Å². The molecular formula is C16H32N4O. The number of piperidine rings is 1. The number of nitrogens with two attached hydrogens (primary N) is 1. The van der Waals surface area contributed by atoms with Gasteiger partial charge in [-0.2, -0.15) is 0 Å². The van der Waals surface area contributed by atoms with Crippen molar-refractivity contribution in [1.29, 1.82) is 0 Å². The summed E-state index contributed by atoms with van der Waals surface area (Å²) in [5.41, 5.74) is 5.31. The molecule has 1 saturated heterocycles. The predicted octanol–water partition coefficient (Wildman–Crippen LogP) is 0.646. The molecular weight excluding hydrogens is 264 g/mol. The zero-order valence-electron chi connectivity index (χ0n) is 13.9. The summed E-state index contributed by atoms with van der Waals surface area (Å²) in [6.45, 7) is 5.92. The molecule has 1 unspecified atom stereocenters. The van der Waals surface area contributed by atoms with E-state index in [2.05, 4.69) is 36.1 Å². The second-order valence-electron chi connectivity index (χ2n) is 7.01. The lowest BCUT2D eigenvalue weighted by Crippen LogP contribution is -2.64. The van der Waals surface area contributed by atoms with Crippen LogP contribution in [0.15, 0.2) is 0 Å². The number of nitrogens with zero attached hydrogens (tertiary/aromatic N) is 2. The van der Waals surface area contributed by atoms with Crippen LogP contribution in [0.1, 0.15) is 39.0 Å². The Morgan fingerprint density at radius 1 is 1.29 bits per heavy atom. The Hall–Kier alpha value is -0.650. The Bertz CT molecular complexity index is 348. The maximum Gasteiger partial charge on any atom is 0.239 e. The van der Waals surface area contributed by atoms with E-state index in [1.807, 2.05) is 0 Å². The highest BCUT2D eigenvalue weighted by molar-refractivity contribution is 5.86. The van der Waals surface area contributed by atoms with E-state index in [4.69, 9.17) is 5.73 Å². The molecule has 122 valence electrons. The Morgan fingerprint density at radius 2 is 1.90 bits per heavy atom. The van der Waals surface area contributed by atoms with Crippen molar-refractivity contribution >= 4 is 5.91 Å². The number of hydrogen-bond donors (Lipinski definition) is 2. The van der Waals surface area contributed by atoms with Crippen LogP contribution in [0.25, 0.3) is 0 Å². The van der Waals surface area contributed by atoms with Crippen molar-refractivity contribution in [2.75, 3.05) is 40.3 Å². The van der Waals surface area contributed by atoms with Crippen LogP contribution in [0.2, 0.25) is 0 Å². The minimum atomic E-state index is -0.499. The molecule has 1 saturated carbocycles. The van der Waals surface area contributed by atoms with Gasteiger partial charge in [0.25, 0.3) is 0 Å². The molecule has 0 aromatic rings. The van der Waals surface area contributed by atoms with Crippen molar-refractivity contribution in [2.45, 2.75) is 50.6 Å². The summed E-state index contributed by atoms with van der Waals surface area (Å²) in [5.74, 6) is 0.279. The zero-order chi connectivity index (χ0) is 15.5. The molecule has 2 rings (SSSR count). The number of carbonyl (C=O) groups excluding carboxylic acids is 1. The Labute approximate surface area is 129 Å². The highest BCUT2D eigenvalue weighted by atomic mass is 16.1. The molecule has 0 bridgehead atoms. The number of primary amides is 1. The third kappa shape index (κ3) is 3.96. The van der Waals surface area contributed by atoms with Gasteiger partial charge in [0.05, 0.1) is 0 Å². The van der Waals surface area contributed by atoms with Crippen LogP contribution < -0.4 is 11.1 Å². The fraction of sp³-hybridized carbons (Fsp3) is 0.938. The number of carbonyl (C=O) groups is 1. The topological polar surface area (TPSA) is 61.6 Å². The molecule has 1 heterocycles. The molecule has 21 heavy (non-hydrogen) atoms. The van der Waals surface area contributed by atoms with Gasteiger partial charge in [0, 0.05) is 12.6 Å². The first-order valence-electron chi connectivity index (χ1n) is 8.43. The third-order valence-corrected chi connectivity index (χ3v) is 5.16. The summed E-state index contributed by atoms with van der Waals surface area (Å²) in [5, 5.41) is 3.50. The fourth-order valence-electron chi connectivity index (χ4n) is 3.57. The summed E-state index contributed by atoms with van der Waals surface area (Å²) < 4.78 is 0. The van der Waals surface area contributed by atoms with Gasteiger partial charge in [0.15, 0.2) is 0 Å². The average molecular weight is 296 g/mol. The summed E-state index contributed by atoms with van der Waals surface area (Å²) in [6.07, 6.45) is 5.66. The molecule has 1 aliphatic heterocycles. The van der Waals surface area contributed by atoms with Crippen LogP contribution in [0.3, 0.4) is 0 Å². The van der Waals surface area contributed by atoms with E-state index < -0.39 is 5.54 Å². The van der Waals surface area contributed by atoms with Crippen LogP contribution >= 0.6 is 0 Å². The van der Waals surface area contributed by atoms with Gasteiger partial charge in [0.2, 0.25) is 5.91 Å². The zero-order valence-corrected chi connectivity index (χ0v) is 13.9. The largest absolute Gasteiger partial charge is 0.368 e. The number of hydrogen-bond acceptors (Lipinski definition) is 4. The highest BCUT2D eigenvalue weighted by Crippen LogP contribution is 2.40. The maximum absolute atomic E-state index is 12.2. The van der Waals surface area contributed by atoms with Crippen molar-refractivity contribution in [3.63, 3.8) is 0 Å². The van der Waals surface area contributed by atoms with E-state index in [0.29, 0.717) is 12.0 Å². The normalized spacial score (nSPS) is 24.2. The van der Waals surface area contributed by atoms with Crippen LogP contribution in [0.4, 0.5) is 0 Å². The molecule has 5 nitrogen and oxygen atoms in total. The van der Waals surface area contributed by atoms with Crippen molar-refractivity contribution < 1.29 is 4.79 Å². The second-order valence-corrected chi connectivity index (χ2v) is 7.01. The summed E-state index contributed by atoms with van der Waals surface area (Å²) in [7, 11) is 4.31. The molecule has 3 N–H and O–H groups in total. The van der Waals surface area contributed by atoms with Gasteiger partial charge >= 0.3 is 0 Å². The molecule has 1 atom stereocenters. The van der Waals surface area contributed by atoms with Gasteiger partial charge in [-0.05, 0) is 71.8 Å². The summed E-state index contributed by atoms with van der Waals surface area (Å²) in [6, 6.07) is 0.675. The quantitative estimate of drug-likeness (QED) is 0.690. The van der Waals surface area contributed by atoms with Crippen LogP contribution in [-0.2, 0) is 4.79 Å². The van der Waals surface area contributed by atoms with E-state index in [9.17, 15) is 4.79 Å². The minimum absolute atomic E-state index is 0.159. The molecule has 5 heteroatoms. The molecule has 0 spiro atoms. The maximum atomic E-state index is 12.2. The molecule has 0 aromatic heterocycles. The average Bonchev–Trinajstić information content (AvgIpc) is 3.28. The predicted molar refractivity (Wildman–Crippen MR) is 86.1 cm³/mol. The van der Waals surface area contributed by atoms with Gasteiger partial charge in [-0.1, -0.05) is 6.92 Å². The molecule has 2 aliphatic rings. The third-order valence-electron chi connectivity index (χ3n) is 5.16.